The maximum Gasteiger partial charge on any atom is 0.266 e. The van der Waals surface area contributed by atoms with E-state index >= 15 is 0 Å². The summed E-state index contributed by atoms with van der Waals surface area (Å²) in [6.07, 6.45) is -2.48. The zero-order valence-corrected chi connectivity index (χ0v) is 5.99. The molecule has 1 unspecified atom stereocenters. The van der Waals surface area contributed by atoms with Crippen LogP contribution in [0.25, 0.3) is 0 Å². The maximum absolute atomic E-state index is 12.2. The molecule has 66 valence electrons. The molecule has 0 bridgehead atoms. The van der Waals surface area contributed by atoms with Crippen LogP contribution in [0.15, 0.2) is 12.7 Å². The highest BCUT2D eigenvalue weighted by Gasteiger charge is 2.25. The molecule has 4 heteroatoms. The molecule has 0 aromatic carbocycles. The van der Waals surface area contributed by atoms with Gasteiger partial charge in [0.2, 0.25) is 0 Å². The van der Waals surface area contributed by atoms with Gasteiger partial charge in [-0.25, -0.2) is 17.6 Å². The molecule has 0 saturated heterocycles. The van der Waals surface area contributed by atoms with Gasteiger partial charge in [-0.2, -0.15) is 0 Å². The molecule has 0 fully saturated rings. The average Bonchev–Trinajstić information content (AvgIpc) is 2.00. The largest absolute Gasteiger partial charge is 0.266 e. The molecule has 0 saturated carbocycles. The SMILES string of the molecule is C=CC(F)(F)CCC(F)CF. The second-order valence-corrected chi connectivity index (χ2v) is 2.26. The fourth-order valence-electron chi connectivity index (χ4n) is 0.528. The van der Waals surface area contributed by atoms with Gasteiger partial charge in [-0.05, 0) is 12.5 Å². The van der Waals surface area contributed by atoms with Gasteiger partial charge < -0.3 is 0 Å². The number of hydrogen-bond acceptors (Lipinski definition) is 0. The van der Waals surface area contributed by atoms with Gasteiger partial charge >= 0.3 is 0 Å². The molecule has 0 N–H and O–H groups in total. The fraction of sp³-hybridized carbons (Fsp3) is 0.714. The van der Waals surface area contributed by atoms with E-state index in [1.54, 1.807) is 0 Å². The van der Waals surface area contributed by atoms with Crippen molar-refractivity contribution in [3.8, 4) is 0 Å². The van der Waals surface area contributed by atoms with Crippen LogP contribution in [0.4, 0.5) is 17.6 Å². The summed E-state index contributed by atoms with van der Waals surface area (Å²) in [5.74, 6) is -3.07. The minimum atomic E-state index is -3.07. The lowest BCUT2D eigenvalue weighted by Crippen LogP contribution is -2.15. The highest BCUT2D eigenvalue weighted by atomic mass is 19.3. The number of allylic oxidation sites excluding steroid dienone is 1. The number of alkyl halides is 4. The van der Waals surface area contributed by atoms with Crippen molar-refractivity contribution in [2.24, 2.45) is 0 Å². The molecule has 0 heterocycles. The van der Waals surface area contributed by atoms with E-state index in [9.17, 15) is 17.6 Å². The highest BCUT2D eigenvalue weighted by Crippen LogP contribution is 2.22. The van der Waals surface area contributed by atoms with Gasteiger partial charge in [0.05, 0.1) is 0 Å². The summed E-state index contributed by atoms with van der Waals surface area (Å²) in [6.45, 7) is 1.67. The van der Waals surface area contributed by atoms with Crippen LogP contribution in [-0.2, 0) is 0 Å². The lowest BCUT2D eigenvalue weighted by molar-refractivity contribution is 0.0345. The summed E-state index contributed by atoms with van der Waals surface area (Å²) in [5.41, 5.74) is 0. The average molecular weight is 170 g/mol. The molecule has 0 aliphatic rings. The predicted molar refractivity (Wildman–Crippen MR) is 35.2 cm³/mol. The number of rotatable bonds is 5. The maximum atomic E-state index is 12.2. The Morgan fingerprint density at radius 3 is 2.36 bits per heavy atom. The first-order chi connectivity index (χ1) is 5.02. The summed E-state index contributed by atoms with van der Waals surface area (Å²) >= 11 is 0. The minimum Gasteiger partial charge on any atom is -0.248 e. The number of hydrogen-bond donors (Lipinski definition) is 0. The van der Waals surface area contributed by atoms with Crippen molar-refractivity contribution in [1.29, 1.82) is 0 Å². The predicted octanol–water partition coefficient (Wildman–Crippen LogP) is 2.90. The summed E-state index contributed by atoms with van der Waals surface area (Å²) in [7, 11) is 0. The Bertz CT molecular complexity index is 122. The van der Waals surface area contributed by atoms with Gasteiger partial charge in [0.25, 0.3) is 5.92 Å². The topological polar surface area (TPSA) is 0 Å². The quantitative estimate of drug-likeness (QED) is 0.439. The molecule has 0 aliphatic heterocycles. The first kappa shape index (κ1) is 10.5. The third kappa shape index (κ3) is 4.81. The van der Waals surface area contributed by atoms with Gasteiger partial charge in [0, 0.05) is 6.42 Å². The Labute approximate surface area is 62.9 Å². The standard InChI is InChI=1S/C7H10F4/c1-2-7(10,11)4-3-6(9)5-8/h2,6H,1,3-5H2. The highest BCUT2D eigenvalue weighted by molar-refractivity contribution is 4.87. The molecule has 0 radical (unpaired) electrons. The molecular formula is C7H10F4. The van der Waals surface area contributed by atoms with E-state index in [2.05, 4.69) is 6.58 Å². The number of halogens is 4. The third-order valence-corrected chi connectivity index (χ3v) is 1.26. The molecule has 0 nitrogen and oxygen atoms in total. The van der Waals surface area contributed by atoms with E-state index in [0.717, 1.165) is 0 Å². The zero-order chi connectivity index (χ0) is 8.91. The summed E-state index contributed by atoms with van der Waals surface area (Å²) in [5, 5.41) is 0. The van der Waals surface area contributed by atoms with E-state index < -0.39 is 31.6 Å². The summed E-state index contributed by atoms with van der Waals surface area (Å²) < 4.78 is 48.0. The lowest BCUT2D eigenvalue weighted by atomic mass is 10.1. The molecule has 0 amide bonds. The normalized spacial score (nSPS) is 14.5. The summed E-state index contributed by atoms with van der Waals surface area (Å²) in [4.78, 5) is 0. The van der Waals surface area contributed by atoms with Crippen LogP contribution < -0.4 is 0 Å². The lowest BCUT2D eigenvalue weighted by Gasteiger charge is -2.11. The van der Waals surface area contributed by atoms with Crippen LogP contribution in [0.1, 0.15) is 12.8 Å². The Morgan fingerprint density at radius 2 is 2.00 bits per heavy atom. The van der Waals surface area contributed by atoms with Gasteiger partial charge in [0.1, 0.15) is 12.8 Å². The fourth-order valence-corrected chi connectivity index (χ4v) is 0.528. The van der Waals surface area contributed by atoms with Gasteiger partial charge in [0.15, 0.2) is 0 Å². The van der Waals surface area contributed by atoms with Crippen molar-refractivity contribution >= 4 is 0 Å². The smallest absolute Gasteiger partial charge is 0.248 e. The molecule has 1 atom stereocenters. The van der Waals surface area contributed by atoms with Crippen molar-refractivity contribution in [2.45, 2.75) is 24.9 Å². The first-order valence-corrected chi connectivity index (χ1v) is 3.23. The Morgan fingerprint density at radius 1 is 1.45 bits per heavy atom. The second-order valence-electron chi connectivity index (χ2n) is 2.26. The Hall–Kier alpha value is -0.540. The van der Waals surface area contributed by atoms with E-state index in [1.165, 1.54) is 0 Å². The Kier molecular flexibility index (Phi) is 4.15. The second kappa shape index (κ2) is 4.36. The van der Waals surface area contributed by atoms with Crippen LogP contribution in [-0.4, -0.2) is 18.8 Å². The van der Waals surface area contributed by atoms with Crippen molar-refractivity contribution in [1.82, 2.24) is 0 Å². The van der Waals surface area contributed by atoms with Crippen molar-refractivity contribution in [3.63, 3.8) is 0 Å². The minimum absolute atomic E-state index is 0.442. The zero-order valence-electron chi connectivity index (χ0n) is 5.99. The molecule has 0 aromatic heterocycles. The van der Waals surface area contributed by atoms with E-state index in [4.69, 9.17) is 0 Å². The van der Waals surface area contributed by atoms with Crippen molar-refractivity contribution in [2.75, 3.05) is 6.67 Å². The molecule has 0 aliphatic carbocycles. The third-order valence-electron chi connectivity index (χ3n) is 1.26. The van der Waals surface area contributed by atoms with E-state index in [1.807, 2.05) is 0 Å². The first-order valence-electron chi connectivity index (χ1n) is 3.23. The van der Waals surface area contributed by atoms with Crippen LogP contribution in [0.2, 0.25) is 0 Å². The van der Waals surface area contributed by atoms with Gasteiger partial charge in [-0.15, -0.1) is 0 Å². The van der Waals surface area contributed by atoms with Crippen molar-refractivity contribution < 1.29 is 17.6 Å². The van der Waals surface area contributed by atoms with Gasteiger partial charge in [-0.1, -0.05) is 6.58 Å². The Balaban J connectivity index is 3.60. The molecule has 0 spiro atoms. The molecule has 0 rings (SSSR count). The molecule has 0 aromatic rings. The van der Waals surface area contributed by atoms with Crippen molar-refractivity contribution in [3.05, 3.63) is 12.7 Å². The molecule has 11 heavy (non-hydrogen) atoms. The van der Waals surface area contributed by atoms with E-state index in [-0.39, 0.29) is 0 Å². The van der Waals surface area contributed by atoms with Crippen LogP contribution in [0.5, 0.6) is 0 Å². The monoisotopic (exact) mass is 170 g/mol. The summed E-state index contributed by atoms with van der Waals surface area (Å²) in [6, 6.07) is 0. The van der Waals surface area contributed by atoms with Gasteiger partial charge in [-0.3, -0.25) is 0 Å². The van der Waals surface area contributed by atoms with Crippen LogP contribution >= 0.6 is 0 Å². The van der Waals surface area contributed by atoms with Crippen LogP contribution in [0.3, 0.4) is 0 Å². The molecular weight excluding hydrogens is 160 g/mol. The van der Waals surface area contributed by atoms with Crippen LogP contribution in [0, 0.1) is 0 Å². The van der Waals surface area contributed by atoms with E-state index in [0.29, 0.717) is 6.08 Å².